The Morgan fingerprint density at radius 2 is 1.88 bits per heavy atom. The summed E-state index contributed by atoms with van der Waals surface area (Å²) in [6.07, 6.45) is 3.06. The lowest BCUT2D eigenvalue weighted by Crippen LogP contribution is -2.42. The number of amides is 1. The summed E-state index contributed by atoms with van der Waals surface area (Å²) in [7, 11) is 0. The van der Waals surface area contributed by atoms with Gasteiger partial charge in [-0.15, -0.1) is 0 Å². The van der Waals surface area contributed by atoms with Gasteiger partial charge in [0.15, 0.2) is 11.7 Å². The summed E-state index contributed by atoms with van der Waals surface area (Å²) >= 11 is 5.86. The molecule has 140 valence electrons. The largest absolute Gasteiger partial charge is 0.481 e. The average molecular weight is 379 g/mol. The number of benzene rings is 1. The fraction of sp³-hybridized carbons (Fsp3) is 0.421. The molecule has 2 N–H and O–H groups in total. The quantitative estimate of drug-likeness (QED) is 0.689. The first-order valence-electron chi connectivity index (χ1n) is 8.61. The van der Waals surface area contributed by atoms with Crippen molar-refractivity contribution in [3.63, 3.8) is 0 Å². The van der Waals surface area contributed by atoms with Gasteiger partial charge in [0.1, 0.15) is 0 Å². The molecule has 0 unspecified atom stereocenters. The second-order valence-electron chi connectivity index (χ2n) is 6.19. The highest BCUT2D eigenvalue weighted by atomic mass is 35.5. The van der Waals surface area contributed by atoms with Crippen LogP contribution in [0.1, 0.15) is 39.0 Å². The summed E-state index contributed by atoms with van der Waals surface area (Å²) in [5, 5.41) is 12.7. The van der Waals surface area contributed by atoms with Gasteiger partial charge in [-0.05, 0) is 37.1 Å². The molecule has 0 fully saturated rings. The van der Waals surface area contributed by atoms with Crippen LogP contribution in [-0.4, -0.2) is 28.5 Å². The first-order chi connectivity index (χ1) is 12.4. The zero-order chi connectivity index (χ0) is 19.2. The topological polar surface area (TPSA) is 92.4 Å². The number of carbonyl (C=O) groups excluding carboxylic acids is 1. The molecular formula is C19H23ClN2O4. The van der Waals surface area contributed by atoms with Crippen molar-refractivity contribution < 1.29 is 19.1 Å². The third-order valence-corrected chi connectivity index (χ3v) is 4.93. The smallest absolute Gasteiger partial charge is 0.311 e. The molecule has 1 aromatic carbocycles. The number of carboxylic acid groups (broad SMARTS) is 1. The van der Waals surface area contributed by atoms with Gasteiger partial charge in [0.05, 0.1) is 11.6 Å². The number of halogens is 1. The summed E-state index contributed by atoms with van der Waals surface area (Å²) in [6, 6.07) is 7.20. The number of aryl methyl sites for hydroxylation is 1. The number of rotatable bonds is 9. The molecule has 26 heavy (non-hydrogen) atoms. The van der Waals surface area contributed by atoms with Crippen molar-refractivity contribution in [2.24, 2.45) is 5.41 Å². The summed E-state index contributed by atoms with van der Waals surface area (Å²) < 4.78 is 5.66. The Kier molecular flexibility index (Phi) is 6.80. The molecule has 0 aliphatic rings. The second-order valence-corrected chi connectivity index (χ2v) is 6.63. The van der Waals surface area contributed by atoms with Gasteiger partial charge in [-0.25, -0.2) is 4.98 Å². The standard InChI is InChI=1S/C19H23ClN2O4/c1-3-19(4-2,18(24)25)12-22-16(23)9-10-17-21-11-15(26-17)13-5-7-14(20)8-6-13/h5-8,11H,3-4,9-10,12H2,1-2H3,(H,22,23)(H,24,25). The van der Waals surface area contributed by atoms with Crippen molar-refractivity contribution in [3.8, 4) is 11.3 Å². The first-order valence-corrected chi connectivity index (χ1v) is 8.98. The summed E-state index contributed by atoms with van der Waals surface area (Å²) in [5.74, 6) is -0.0357. The fourth-order valence-electron chi connectivity index (χ4n) is 2.63. The van der Waals surface area contributed by atoms with Gasteiger partial charge in [-0.1, -0.05) is 25.4 Å². The predicted molar refractivity (Wildman–Crippen MR) is 98.9 cm³/mol. The van der Waals surface area contributed by atoms with E-state index in [0.29, 0.717) is 35.9 Å². The van der Waals surface area contributed by atoms with Crippen molar-refractivity contribution in [1.29, 1.82) is 0 Å². The molecule has 0 radical (unpaired) electrons. The number of nitrogens with zero attached hydrogens (tertiary/aromatic N) is 1. The minimum Gasteiger partial charge on any atom is -0.481 e. The summed E-state index contributed by atoms with van der Waals surface area (Å²) in [6.45, 7) is 3.75. The third kappa shape index (κ3) is 4.85. The molecule has 0 saturated heterocycles. The van der Waals surface area contributed by atoms with Crippen LogP contribution in [-0.2, 0) is 16.0 Å². The Morgan fingerprint density at radius 3 is 2.46 bits per heavy atom. The van der Waals surface area contributed by atoms with Gasteiger partial charge in [0, 0.05) is 30.0 Å². The van der Waals surface area contributed by atoms with E-state index in [2.05, 4.69) is 10.3 Å². The Morgan fingerprint density at radius 1 is 1.23 bits per heavy atom. The van der Waals surface area contributed by atoms with Crippen LogP contribution in [0, 0.1) is 5.41 Å². The van der Waals surface area contributed by atoms with Gasteiger partial charge in [-0.3, -0.25) is 9.59 Å². The third-order valence-electron chi connectivity index (χ3n) is 4.68. The SMILES string of the molecule is CCC(CC)(CNC(=O)CCc1ncc(-c2ccc(Cl)cc2)o1)C(=O)O. The van der Waals surface area contributed by atoms with E-state index >= 15 is 0 Å². The van der Waals surface area contributed by atoms with Crippen LogP contribution < -0.4 is 5.32 Å². The first kappa shape index (κ1) is 20.0. The van der Waals surface area contributed by atoms with Gasteiger partial charge >= 0.3 is 5.97 Å². The molecule has 1 amide bonds. The number of aromatic nitrogens is 1. The number of carbonyl (C=O) groups is 2. The molecule has 2 aromatic rings. The van der Waals surface area contributed by atoms with Crippen LogP contribution in [0.15, 0.2) is 34.9 Å². The molecular weight excluding hydrogens is 356 g/mol. The van der Waals surface area contributed by atoms with Crippen LogP contribution in [0.2, 0.25) is 5.02 Å². The van der Waals surface area contributed by atoms with E-state index in [1.165, 1.54) is 0 Å². The molecule has 2 rings (SSSR count). The van der Waals surface area contributed by atoms with Crippen LogP contribution in [0.5, 0.6) is 0 Å². The van der Waals surface area contributed by atoms with Crippen molar-refractivity contribution in [2.75, 3.05) is 6.54 Å². The van der Waals surface area contributed by atoms with Crippen molar-refractivity contribution in [1.82, 2.24) is 10.3 Å². The van der Waals surface area contributed by atoms with E-state index in [4.69, 9.17) is 16.0 Å². The lowest BCUT2D eigenvalue weighted by Gasteiger charge is -2.26. The van der Waals surface area contributed by atoms with E-state index < -0.39 is 11.4 Å². The molecule has 0 bridgehead atoms. The Hall–Kier alpha value is -2.34. The number of oxazole rings is 1. The van der Waals surface area contributed by atoms with Crippen LogP contribution in [0.3, 0.4) is 0 Å². The monoisotopic (exact) mass is 378 g/mol. The van der Waals surface area contributed by atoms with E-state index in [-0.39, 0.29) is 18.9 Å². The number of nitrogens with one attached hydrogen (secondary N) is 1. The zero-order valence-corrected chi connectivity index (χ0v) is 15.7. The fourth-order valence-corrected chi connectivity index (χ4v) is 2.75. The van der Waals surface area contributed by atoms with Gasteiger partial charge in [0.2, 0.25) is 5.91 Å². The van der Waals surface area contributed by atoms with E-state index in [1.54, 1.807) is 18.3 Å². The van der Waals surface area contributed by atoms with E-state index in [0.717, 1.165) is 5.56 Å². The lowest BCUT2D eigenvalue weighted by atomic mass is 9.82. The molecule has 0 aliphatic heterocycles. The van der Waals surface area contributed by atoms with Crippen molar-refractivity contribution in [2.45, 2.75) is 39.5 Å². The van der Waals surface area contributed by atoms with E-state index in [9.17, 15) is 14.7 Å². The maximum atomic E-state index is 12.0. The maximum Gasteiger partial charge on any atom is 0.311 e. The minimum atomic E-state index is -0.916. The average Bonchev–Trinajstić information content (AvgIpc) is 3.10. The van der Waals surface area contributed by atoms with Gasteiger partial charge in [0.25, 0.3) is 0 Å². The zero-order valence-electron chi connectivity index (χ0n) is 14.9. The molecule has 6 nitrogen and oxygen atoms in total. The lowest BCUT2D eigenvalue weighted by molar-refractivity contribution is -0.149. The van der Waals surface area contributed by atoms with Gasteiger partial charge in [-0.2, -0.15) is 0 Å². The molecule has 1 aromatic heterocycles. The Bertz CT molecular complexity index is 751. The molecule has 7 heteroatoms. The summed E-state index contributed by atoms with van der Waals surface area (Å²) in [5.41, 5.74) is -0.0601. The number of aliphatic carboxylic acids is 1. The second kappa shape index (κ2) is 8.85. The highest BCUT2D eigenvalue weighted by molar-refractivity contribution is 6.30. The van der Waals surface area contributed by atoms with Crippen LogP contribution >= 0.6 is 11.6 Å². The number of carboxylic acids is 1. The predicted octanol–water partition coefficient (Wildman–Crippen LogP) is 3.93. The highest BCUT2D eigenvalue weighted by Crippen LogP contribution is 2.26. The Labute approximate surface area is 157 Å². The van der Waals surface area contributed by atoms with Crippen molar-refractivity contribution >= 4 is 23.5 Å². The van der Waals surface area contributed by atoms with Crippen LogP contribution in [0.4, 0.5) is 0 Å². The van der Waals surface area contributed by atoms with Gasteiger partial charge < -0.3 is 14.8 Å². The Balaban J connectivity index is 1.88. The molecule has 0 saturated carbocycles. The van der Waals surface area contributed by atoms with Crippen molar-refractivity contribution in [3.05, 3.63) is 41.4 Å². The normalized spacial score (nSPS) is 11.3. The maximum absolute atomic E-state index is 12.0. The summed E-state index contributed by atoms with van der Waals surface area (Å²) in [4.78, 5) is 27.7. The van der Waals surface area contributed by atoms with Crippen LogP contribution in [0.25, 0.3) is 11.3 Å². The van der Waals surface area contributed by atoms with E-state index in [1.807, 2.05) is 26.0 Å². The minimum absolute atomic E-state index is 0.121. The molecule has 0 aliphatic carbocycles. The molecule has 0 spiro atoms. The molecule has 1 heterocycles. The number of hydrogen-bond acceptors (Lipinski definition) is 4. The molecule has 0 atom stereocenters. The highest BCUT2D eigenvalue weighted by Gasteiger charge is 2.35. The number of hydrogen-bond donors (Lipinski definition) is 2.